The molecule has 1 aliphatic carbocycles. The highest BCUT2D eigenvalue weighted by Crippen LogP contribution is 2.23. The molecule has 1 heteroatoms. The SMILES string of the molecule is OCC=CC1CC[CH]CC1. The summed E-state index contributed by atoms with van der Waals surface area (Å²) in [6.45, 7) is 0.195. The van der Waals surface area contributed by atoms with Gasteiger partial charge in [0.15, 0.2) is 0 Å². The summed E-state index contributed by atoms with van der Waals surface area (Å²) in [5.41, 5.74) is 0. The molecule has 1 N–H and O–H groups in total. The number of aliphatic hydroxyl groups is 1. The van der Waals surface area contributed by atoms with Crippen molar-refractivity contribution < 1.29 is 5.11 Å². The molecule has 0 heterocycles. The molecule has 1 rings (SSSR count). The summed E-state index contributed by atoms with van der Waals surface area (Å²) in [6, 6.07) is 0. The second-order valence-electron chi connectivity index (χ2n) is 2.81. The van der Waals surface area contributed by atoms with Gasteiger partial charge in [-0.15, -0.1) is 0 Å². The fraction of sp³-hybridized carbons (Fsp3) is 0.667. The molecule has 1 fully saturated rings. The van der Waals surface area contributed by atoms with Crippen molar-refractivity contribution in [3.05, 3.63) is 18.6 Å². The molecular formula is C9H15O. The summed E-state index contributed by atoms with van der Waals surface area (Å²) < 4.78 is 0. The lowest BCUT2D eigenvalue weighted by atomic mass is 9.89. The highest BCUT2D eigenvalue weighted by molar-refractivity contribution is 4.92. The van der Waals surface area contributed by atoms with Crippen molar-refractivity contribution in [1.29, 1.82) is 0 Å². The third kappa shape index (κ3) is 2.53. The average molecular weight is 139 g/mol. The molecule has 1 aliphatic rings. The third-order valence-corrected chi connectivity index (χ3v) is 2.00. The summed E-state index contributed by atoms with van der Waals surface area (Å²) >= 11 is 0. The third-order valence-electron chi connectivity index (χ3n) is 2.00. The molecule has 10 heavy (non-hydrogen) atoms. The normalized spacial score (nSPS) is 22.1. The summed E-state index contributed by atoms with van der Waals surface area (Å²) in [7, 11) is 0. The quantitative estimate of drug-likeness (QED) is 0.579. The first-order valence-corrected chi connectivity index (χ1v) is 4.02. The summed E-state index contributed by atoms with van der Waals surface area (Å²) in [5, 5.41) is 8.50. The Morgan fingerprint density at radius 1 is 1.40 bits per heavy atom. The van der Waals surface area contributed by atoms with Crippen molar-refractivity contribution in [2.24, 2.45) is 5.92 Å². The van der Waals surface area contributed by atoms with Crippen LogP contribution in [0.25, 0.3) is 0 Å². The number of aliphatic hydroxyl groups excluding tert-OH is 1. The zero-order valence-corrected chi connectivity index (χ0v) is 6.29. The second kappa shape index (κ2) is 4.51. The molecule has 0 aromatic rings. The van der Waals surface area contributed by atoms with Crippen molar-refractivity contribution in [1.82, 2.24) is 0 Å². The molecular weight excluding hydrogens is 124 g/mol. The van der Waals surface area contributed by atoms with E-state index < -0.39 is 0 Å². The van der Waals surface area contributed by atoms with E-state index in [1.165, 1.54) is 25.7 Å². The molecule has 0 aromatic carbocycles. The standard InChI is InChI=1S/C9H15O/c10-8-4-7-9-5-2-1-3-6-9/h1,4,7,9-10H,2-3,5-6,8H2. The molecule has 1 saturated carbocycles. The Morgan fingerprint density at radius 3 is 2.70 bits per heavy atom. The summed E-state index contributed by atoms with van der Waals surface area (Å²) in [4.78, 5) is 0. The Labute approximate surface area is 62.8 Å². The van der Waals surface area contributed by atoms with Crippen LogP contribution in [0.3, 0.4) is 0 Å². The van der Waals surface area contributed by atoms with E-state index in [0.29, 0.717) is 0 Å². The summed E-state index contributed by atoms with van der Waals surface area (Å²) in [6.07, 6.45) is 11.4. The Bertz CT molecular complexity index is 101. The van der Waals surface area contributed by atoms with Crippen LogP contribution in [0.4, 0.5) is 0 Å². The second-order valence-corrected chi connectivity index (χ2v) is 2.81. The van der Waals surface area contributed by atoms with Crippen molar-refractivity contribution in [3.8, 4) is 0 Å². The Hall–Kier alpha value is -0.300. The lowest BCUT2D eigenvalue weighted by molar-refractivity contribution is 0.340. The van der Waals surface area contributed by atoms with Gasteiger partial charge in [0.05, 0.1) is 6.61 Å². The van der Waals surface area contributed by atoms with Gasteiger partial charge in [-0.3, -0.25) is 0 Å². The zero-order chi connectivity index (χ0) is 7.23. The van der Waals surface area contributed by atoms with Gasteiger partial charge in [0.2, 0.25) is 0 Å². The maximum absolute atomic E-state index is 8.50. The Balaban J connectivity index is 2.19. The van der Waals surface area contributed by atoms with Crippen molar-refractivity contribution in [2.75, 3.05) is 6.61 Å². The summed E-state index contributed by atoms with van der Waals surface area (Å²) in [5.74, 6) is 0.733. The van der Waals surface area contributed by atoms with Gasteiger partial charge in [0.1, 0.15) is 0 Å². The highest BCUT2D eigenvalue weighted by Gasteiger charge is 2.08. The molecule has 0 aromatic heterocycles. The zero-order valence-electron chi connectivity index (χ0n) is 6.29. The van der Waals surface area contributed by atoms with Crippen LogP contribution >= 0.6 is 0 Å². The fourth-order valence-electron chi connectivity index (χ4n) is 1.40. The first-order chi connectivity index (χ1) is 4.93. The van der Waals surface area contributed by atoms with E-state index in [-0.39, 0.29) is 6.61 Å². The van der Waals surface area contributed by atoms with E-state index in [9.17, 15) is 0 Å². The maximum Gasteiger partial charge on any atom is 0.0612 e. The van der Waals surface area contributed by atoms with Crippen LogP contribution in [0.2, 0.25) is 0 Å². The molecule has 1 nitrogen and oxygen atoms in total. The minimum absolute atomic E-state index is 0.195. The molecule has 0 atom stereocenters. The molecule has 1 radical (unpaired) electrons. The molecule has 0 amide bonds. The number of hydrogen-bond acceptors (Lipinski definition) is 1. The van der Waals surface area contributed by atoms with E-state index in [1.54, 1.807) is 0 Å². The molecule has 57 valence electrons. The van der Waals surface area contributed by atoms with Crippen LogP contribution in [0.15, 0.2) is 12.2 Å². The van der Waals surface area contributed by atoms with E-state index in [4.69, 9.17) is 5.11 Å². The van der Waals surface area contributed by atoms with Crippen LogP contribution in [0.5, 0.6) is 0 Å². The molecule has 0 aliphatic heterocycles. The predicted molar refractivity (Wildman–Crippen MR) is 42.5 cm³/mol. The van der Waals surface area contributed by atoms with Gasteiger partial charge in [0.25, 0.3) is 0 Å². The number of allylic oxidation sites excluding steroid dienone is 1. The topological polar surface area (TPSA) is 20.2 Å². The van der Waals surface area contributed by atoms with Crippen LogP contribution in [-0.4, -0.2) is 11.7 Å². The van der Waals surface area contributed by atoms with Crippen molar-refractivity contribution in [2.45, 2.75) is 25.7 Å². The minimum atomic E-state index is 0.195. The van der Waals surface area contributed by atoms with Crippen LogP contribution in [-0.2, 0) is 0 Å². The molecule has 0 spiro atoms. The monoisotopic (exact) mass is 139 g/mol. The van der Waals surface area contributed by atoms with Crippen molar-refractivity contribution in [3.63, 3.8) is 0 Å². The van der Waals surface area contributed by atoms with Gasteiger partial charge in [0, 0.05) is 0 Å². The number of hydrogen-bond donors (Lipinski definition) is 1. The van der Waals surface area contributed by atoms with Crippen LogP contribution < -0.4 is 0 Å². The first-order valence-electron chi connectivity index (χ1n) is 4.02. The Kier molecular flexibility index (Phi) is 3.52. The highest BCUT2D eigenvalue weighted by atomic mass is 16.2. The smallest absolute Gasteiger partial charge is 0.0612 e. The first kappa shape index (κ1) is 7.80. The van der Waals surface area contributed by atoms with E-state index in [1.807, 2.05) is 6.08 Å². The Morgan fingerprint density at radius 2 is 2.10 bits per heavy atom. The van der Waals surface area contributed by atoms with Gasteiger partial charge in [-0.2, -0.15) is 0 Å². The van der Waals surface area contributed by atoms with Crippen molar-refractivity contribution >= 4 is 0 Å². The van der Waals surface area contributed by atoms with Gasteiger partial charge >= 0.3 is 0 Å². The van der Waals surface area contributed by atoms with Gasteiger partial charge in [-0.05, 0) is 38.0 Å². The van der Waals surface area contributed by atoms with Gasteiger partial charge in [-0.25, -0.2) is 0 Å². The van der Waals surface area contributed by atoms with Gasteiger partial charge in [-0.1, -0.05) is 12.2 Å². The predicted octanol–water partition coefficient (Wildman–Crippen LogP) is 1.93. The molecule has 0 bridgehead atoms. The molecule has 0 unspecified atom stereocenters. The average Bonchev–Trinajstić information content (AvgIpc) is 2.03. The number of rotatable bonds is 2. The maximum atomic E-state index is 8.50. The van der Waals surface area contributed by atoms with E-state index >= 15 is 0 Å². The van der Waals surface area contributed by atoms with Crippen LogP contribution in [0, 0.1) is 12.3 Å². The van der Waals surface area contributed by atoms with Gasteiger partial charge < -0.3 is 5.11 Å². The minimum Gasteiger partial charge on any atom is -0.392 e. The largest absolute Gasteiger partial charge is 0.392 e. The molecule has 0 saturated heterocycles. The lowest BCUT2D eigenvalue weighted by Crippen LogP contribution is -2.03. The van der Waals surface area contributed by atoms with E-state index in [0.717, 1.165) is 5.92 Å². The lowest BCUT2D eigenvalue weighted by Gasteiger charge is -2.17. The van der Waals surface area contributed by atoms with Crippen LogP contribution in [0.1, 0.15) is 25.7 Å². The van der Waals surface area contributed by atoms with E-state index in [2.05, 4.69) is 12.5 Å². The fourth-order valence-corrected chi connectivity index (χ4v) is 1.40.